The van der Waals surface area contributed by atoms with E-state index in [1.54, 1.807) is 6.08 Å². The second-order valence-corrected chi connectivity index (χ2v) is 3.63. The SMILES string of the molecule is C[C@H]1C[C@@]2(O)C=CC(=O)C[C@H]2O1. The molecule has 1 N–H and O–H groups in total. The molecule has 12 heavy (non-hydrogen) atoms. The topological polar surface area (TPSA) is 46.5 Å². The zero-order valence-corrected chi connectivity index (χ0v) is 6.99. The highest BCUT2D eigenvalue weighted by Crippen LogP contribution is 2.36. The maximum atomic E-state index is 11.0. The van der Waals surface area contributed by atoms with Crippen LogP contribution in [0.5, 0.6) is 0 Å². The van der Waals surface area contributed by atoms with Crippen LogP contribution in [0.4, 0.5) is 0 Å². The smallest absolute Gasteiger partial charge is 0.158 e. The molecular formula is C9H12O3. The number of aliphatic hydroxyl groups is 1. The number of carbonyl (C=O) groups excluding carboxylic acids is 1. The third-order valence-electron chi connectivity index (χ3n) is 2.51. The van der Waals surface area contributed by atoms with Crippen molar-refractivity contribution in [2.45, 2.75) is 37.6 Å². The Balaban J connectivity index is 2.26. The van der Waals surface area contributed by atoms with Crippen molar-refractivity contribution in [1.29, 1.82) is 0 Å². The highest BCUT2D eigenvalue weighted by Gasteiger charge is 2.46. The predicted octanol–water partition coefficient (Wildman–Crippen LogP) is 0.424. The first-order valence-electron chi connectivity index (χ1n) is 4.20. The minimum Gasteiger partial charge on any atom is -0.383 e. The molecule has 1 fully saturated rings. The molecule has 0 radical (unpaired) electrons. The molecule has 1 saturated heterocycles. The maximum absolute atomic E-state index is 11.0. The van der Waals surface area contributed by atoms with Gasteiger partial charge < -0.3 is 9.84 Å². The Kier molecular flexibility index (Phi) is 1.59. The van der Waals surface area contributed by atoms with Crippen molar-refractivity contribution < 1.29 is 14.6 Å². The summed E-state index contributed by atoms with van der Waals surface area (Å²) in [6.07, 6.45) is 3.68. The van der Waals surface area contributed by atoms with Crippen LogP contribution in [-0.4, -0.2) is 28.7 Å². The van der Waals surface area contributed by atoms with Gasteiger partial charge in [-0.1, -0.05) is 0 Å². The van der Waals surface area contributed by atoms with Gasteiger partial charge in [-0.15, -0.1) is 0 Å². The van der Waals surface area contributed by atoms with Crippen molar-refractivity contribution in [3.63, 3.8) is 0 Å². The van der Waals surface area contributed by atoms with Crippen molar-refractivity contribution in [1.82, 2.24) is 0 Å². The molecule has 3 heteroatoms. The fraction of sp³-hybridized carbons (Fsp3) is 0.667. The number of allylic oxidation sites excluding steroid dienone is 1. The molecule has 1 aliphatic heterocycles. The molecule has 0 bridgehead atoms. The van der Waals surface area contributed by atoms with E-state index < -0.39 is 5.60 Å². The molecule has 2 aliphatic rings. The summed E-state index contributed by atoms with van der Waals surface area (Å²) in [4.78, 5) is 11.0. The van der Waals surface area contributed by atoms with Gasteiger partial charge in [0.15, 0.2) is 5.78 Å². The molecule has 1 aliphatic carbocycles. The zero-order valence-electron chi connectivity index (χ0n) is 6.99. The maximum Gasteiger partial charge on any atom is 0.158 e. The van der Waals surface area contributed by atoms with Gasteiger partial charge in [0.1, 0.15) is 5.60 Å². The zero-order chi connectivity index (χ0) is 8.77. The molecule has 0 aromatic heterocycles. The van der Waals surface area contributed by atoms with E-state index in [9.17, 15) is 9.90 Å². The van der Waals surface area contributed by atoms with E-state index in [0.717, 1.165) is 0 Å². The van der Waals surface area contributed by atoms with Crippen LogP contribution in [0.25, 0.3) is 0 Å². The summed E-state index contributed by atoms with van der Waals surface area (Å²) >= 11 is 0. The lowest BCUT2D eigenvalue weighted by atomic mass is 9.86. The van der Waals surface area contributed by atoms with Crippen LogP contribution < -0.4 is 0 Å². The van der Waals surface area contributed by atoms with Gasteiger partial charge in [0.2, 0.25) is 0 Å². The predicted molar refractivity (Wildman–Crippen MR) is 42.7 cm³/mol. The van der Waals surface area contributed by atoms with Crippen LogP contribution in [-0.2, 0) is 9.53 Å². The first-order chi connectivity index (χ1) is 5.60. The van der Waals surface area contributed by atoms with Gasteiger partial charge >= 0.3 is 0 Å². The lowest BCUT2D eigenvalue weighted by molar-refractivity contribution is -0.121. The summed E-state index contributed by atoms with van der Waals surface area (Å²) in [7, 11) is 0. The van der Waals surface area contributed by atoms with Gasteiger partial charge in [-0.05, 0) is 19.1 Å². The van der Waals surface area contributed by atoms with Crippen LogP contribution in [0.2, 0.25) is 0 Å². The molecule has 3 atom stereocenters. The first kappa shape index (κ1) is 7.95. The van der Waals surface area contributed by atoms with Crippen LogP contribution in [0.3, 0.4) is 0 Å². The normalized spacial score (nSPS) is 46.3. The van der Waals surface area contributed by atoms with Crippen molar-refractivity contribution >= 4 is 5.78 Å². The number of rotatable bonds is 0. The molecule has 1 heterocycles. The van der Waals surface area contributed by atoms with Gasteiger partial charge in [-0.25, -0.2) is 0 Å². The fourth-order valence-electron chi connectivity index (χ4n) is 1.93. The third-order valence-corrected chi connectivity index (χ3v) is 2.51. The van der Waals surface area contributed by atoms with Crippen molar-refractivity contribution in [2.24, 2.45) is 0 Å². The molecule has 0 aromatic rings. The van der Waals surface area contributed by atoms with E-state index in [4.69, 9.17) is 4.74 Å². The second-order valence-electron chi connectivity index (χ2n) is 3.63. The Hall–Kier alpha value is -0.670. The summed E-state index contributed by atoms with van der Waals surface area (Å²) in [5, 5.41) is 9.94. The molecule has 0 amide bonds. The quantitative estimate of drug-likeness (QED) is 0.570. The Morgan fingerprint density at radius 1 is 1.75 bits per heavy atom. The molecule has 0 spiro atoms. The summed E-state index contributed by atoms with van der Waals surface area (Å²) in [5.74, 6) is 0.0405. The van der Waals surface area contributed by atoms with Gasteiger partial charge in [-0.2, -0.15) is 0 Å². The number of hydrogen-bond donors (Lipinski definition) is 1. The lowest BCUT2D eigenvalue weighted by Crippen LogP contribution is -2.40. The van der Waals surface area contributed by atoms with Crippen LogP contribution in [0.1, 0.15) is 19.8 Å². The number of fused-ring (bicyclic) bond motifs is 1. The number of ether oxygens (including phenoxy) is 1. The molecule has 2 rings (SSSR count). The van der Waals surface area contributed by atoms with E-state index >= 15 is 0 Å². The van der Waals surface area contributed by atoms with E-state index in [1.165, 1.54) is 6.08 Å². The monoisotopic (exact) mass is 168 g/mol. The van der Waals surface area contributed by atoms with Gasteiger partial charge in [-0.3, -0.25) is 4.79 Å². The molecule has 66 valence electrons. The van der Waals surface area contributed by atoms with E-state index in [0.29, 0.717) is 12.8 Å². The van der Waals surface area contributed by atoms with Gasteiger partial charge in [0.25, 0.3) is 0 Å². The minimum absolute atomic E-state index is 0.0405. The van der Waals surface area contributed by atoms with E-state index in [2.05, 4.69) is 0 Å². The molecule has 0 aromatic carbocycles. The summed E-state index contributed by atoms with van der Waals surface area (Å²) in [6.45, 7) is 1.91. The first-order valence-corrected chi connectivity index (χ1v) is 4.20. The minimum atomic E-state index is -0.882. The largest absolute Gasteiger partial charge is 0.383 e. The van der Waals surface area contributed by atoms with Crippen molar-refractivity contribution in [2.75, 3.05) is 0 Å². The van der Waals surface area contributed by atoms with Crippen LogP contribution >= 0.6 is 0 Å². The van der Waals surface area contributed by atoms with Crippen molar-refractivity contribution in [3.05, 3.63) is 12.2 Å². The van der Waals surface area contributed by atoms with E-state index in [1.807, 2.05) is 6.92 Å². The second kappa shape index (κ2) is 2.41. The molecular weight excluding hydrogens is 156 g/mol. The summed E-state index contributed by atoms with van der Waals surface area (Å²) < 4.78 is 5.42. The Bertz CT molecular complexity index is 246. The van der Waals surface area contributed by atoms with Gasteiger partial charge in [0.05, 0.1) is 12.2 Å². The van der Waals surface area contributed by atoms with Crippen molar-refractivity contribution in [3.8, 4) is 0 Å². The number of ketones is 1. The highest BCUT2D eigenvalue weighted by atomic mass is 16.5. The number of carbonyl (C=O) groups is 1. The average Bonchev–Trinajstić information content (AvgIpc) is 2.24. The molecule has 3 nitrogen and oxygen atoms in total. The standard InChI is InChI=1S/C9H12O3/c1-6-5-9(11)3-2-7(10)4-8(9)12-6/h2-3,6,8,11H,4-5H2,1H3/t6-,8+,9-/m0/s1. The molecule has 0 saturated carbocycles. The average molecular weight is 168 g/mol. The Labute approximate surface area is 71.0 Å². The number of hydrogen-bond acceptors (Lipinski definition) is 3. The van der Waals surface area contributed by atoms with E-state index in [-0.39, 0.29) is 18.0 Å². The Morgan fingerprint density at radius 2 is 2.50 bits per heavy atom. The fourth-order valence-corrected chi connectivity index (χ4v) is 1.93. The molecule has 0 unspecified atom stereocenters. The summed E-state index contributed by atoms with van der Waals surface area (Å²) in [5.41, 5.74) is -0.882. The van der Waals surface area contributed by atoms with Crippen LogP contribution in [0, 0.1) is 0 Å². The Morgan fingerprint density at radius 3 is 3.25 bits per heavy atom. The van der Waals surface area contributed by atoms with Gasteiger partial charge in [0, 0.05) is 12.8 Å². The van der Waals surface area contributed by atoms with Crippen LogP contribution in [0.15, 0.2) is 12.2 Å². The lowest BCUT2D eigenvalue weighted by Gasteiger charge is -2.27. The highest BCUT2D eigenvalue weighted by molar-refractivity contribution is 5.91. The summed E-state index contributed by atoms with van der Waals surface area (Å²) in [6, 6.07) is 0. The third kappa shape index (κ3) is 1.09.